The number of hydrogen-bond donors (Lipinski definition) is 1. The van der Waals surface area contributed by atoms with Crippen molar-refractivity contribution in [3.05, 3.63) is 21.9 Å². The first-order valence-corrected chi connectivity index (χ1v) is 7.70. The topological polar surface area (TPSA) is 15.3 Å². The molecule has 0 bridgehead atoms. The van der Waals surface area contributed by atoms with Crippen LogP contribution in [0.4, 0.5) is 0 Å². The summed E-state index contributed by atoms with van der Waals surface area (Å²) in [6.07, 6.45) is 5.64. The molecule has 3 heteroatoms. The van der Waals surface area contributed by atoms with Crippen LogP contribution in [-0.4, -0.2) is 31.1 Å². The third-order valence-corrected chi connectivity index (χ3v) is 4.58. The van der Waals surface area contributed by atoms with Gasteiger partial charge in [0.05, 0.1) is 0 Å². The van der Waals surface area contributed by atoms with Crippen molar-refractivity contribution in [2.75, 3.05) is 26.2 Å². The van der Waals surface area contributed by atoms with Gasteiger partial charge in [-0.15, -0.1) is 11.3 Å². The molecule has 1 saturated heterocycles. The Morgan fingerprint density at radius 3 is 2.65 bits per heavy atom. The first kappa shape index (κ1) is 13.1. The van der Waals surface area contributed by atoms with Crippen LogP contribution in [0.2, 0.25) is 0 Å². The third kappa shape index (κ3) is 4.41. The molecule has 0 spiro atoms. The van der Waals surface area contributed by atoms with Crippen molar-refractivity contribution in [3.8, 4) is 0 Å². The van der Waals surface area contributed by atoms with Crippen LogP contribution in [-0.2, 0) is 6.54 Å². The lowest BCUT2D eigenvalue weighted by Gasteiger charge is -2.19. The summed E-state index contributed by atoms with van der Waals surface area (Å²) in [5, 5.41) is 5.75. The number of nitrogens with zero attached hydrogens (tertiary/aromatic N) is 1. The van der Waals surface area contributed by atoms with Crippen molar-refractivity contribution in [1.82, 2.24) is 10.2 Å². The molecule has 0 aromatic carbocycles. The second kappa shape index (κ2) is 7.14. The van der Waals surface area contributed by atoms with E-state index < -0.39 is 0 Å². The monoisotopic (exact) mass is 252 g/mol. The van der Waals surface area contributed by atoms with Crippen LogP contribution in [0.15, 0.2) is 11.4 Å². The second-order valence-electron chi connectivity index (χ2n) is 4.96. The molecule has 1 aromatic heterocycles. The van der Waals surface area contributed by atoms with Gasteiger partial charge in [-0.3, -0.25) is 0 Å². The molecule has 2 nitrogen and oxygen atoms in total. The molecule has 1 aromatic rings. The van der Waals surface area contributed by atoms with E-state index >= 15 is 0 Å². The predicted molar refractivity (Wildman–Crippen MR) is 75.7 cm³/mol. The second-order valence-corrected chi connectivity index (χ2v) is 5.96. The highest BCUT2D eigenvalue weighted by Crippen LogP contribution is 2.14. The summed E-state index contributed by atoms with van der Waals surface area (Å²) in [5.74, 6) is 0. The molecule has 1 aliphatic heterocycles. The molecule has 0 saturated carbocycles. The maximum atomic E-state index is 3.57. The fraction of sp³-hybridized carbons (Fsp3) is 0.714. The van der Waals surface area contributed by atoms with Gasteiger partial charge in [-0.05, 0) is 49.9 Å². The zero-order valence-electron chi connectivity index (χ0n) is 10.9. The van der Waals surface area contributed by atoms with Crippen LogP contribution < -0.4 is 5.32 Å². The third-order valence-electron chi connectivity index (χ3n) is 3.56. The molecule has 0 radical (unpaired) electrons. The number of likely N-dealkylation sites (tertiary alicyclic amines) is 1. The smallest absolute Gasteiger partial charge is 0.0302 e. The van der Waals surface area contributed by atoms with Crippen molar-refractivity contribution < 1.29 is 0 Å². The summed E-state index contributed by atoms with van der Waals surface area (Å²) in [6.45, 7) is 8.18. The van der Waals surface area contributed by atoms with E-state index in [0.717, 1.165) is 13.1 Å². The minimum atomic E-state index is 1.04. The molecule has 0 atom stereocenters. The Labute approximate surface area is 109 Å². The van der Waals surface area contributed by atoms with Crippen molar-refractivity contribution >= 4 is 11.3 Å². The minimum Gasteiger partial charge on any atom is -0.311 e. The Hall–Kier alpha value is -0.380. The molecular formula is C14H24N2S. The molecule has 17 heavy (non-hydrogen) atoms. The molecule has 96 valence electrons. The van der Waals surface area contributed by atoms with Gasteiger partial charge in [0.25, 0.3) is 0 Å². The highest BCUT2D eigenvalue weighted by Gasteiger charge is 2.08. The first-order valence-electron chi connectivity index (χ1n) is 6.82. The predicted octanol–water partition coefficient (Wildman–Crippen LogP) is 3.02. The van der Waals surface area contributed by atoms with Crippen LogP contribution in [0.1, 0.15) is 36.1 Å². The van der Waals surface area contributed by atoms with Crippen molar-refractivity contribution in [1.29, 1.82) is 0 Å². The number of nitrogens with one attached hydrogen (secondary N) is 1. The van der Waals surface area contributed by atoms with Crippen molar-refractivity contribution in [3.63, 3.8) is 0 Å². The van der Waals surface area contributed by atoms with Gasteiger partial charge in [-0.2, -0.15) is 0 Å². The van der Waals surface area contributed by atoms with Crippen molar-refractivity contribution in [2.45, 2.75) is 39.2 Å². The highest BCUT2D eigenvalue weighted by atomic mass is 32.1. The zero-order chi connectivity index (χ0) is 11.9. The van der Waals surface area contributed by atoms with Gasteiger partial charge in [0, 0.05) is 24.5 Å². The molecule has 1 N–H and O–H groups in total. The summed E-state index contributed by atoms with van der Waals surface area (Å²) >= 11 is 1.86. The van der Waals surface area contributed by atoms with Gasteiger partial charge >= 0.3 is 0 Å². The van der Waals surface area contributed by atoms with Gasteiger partial charge in [0.15, 0.2) is 0 Å². The van der Waals surface area contributed by atoms with E-state index in [1.807, 2.05) is 11.3 Å². The summed E-state index contributed by atoms with van der Waals surface area (Å²) in [5.41, 5.74) is 1.43. The van der Waals surface area contributed by atoms with Crippen LogP contribution in [0.3, 0.4) is 0 Å². The molecule has 0 unspecified atom stereocenters. The fourth-order valence-electron chi connectivity index (χ4n) is 2.38. The van der Waals surface area contributed by atoms with E-state index in [1.165, 1.54) is 55.8 Å². The number of thiophene rings is 1. The van der Waals surface area contributed by atoms with E-state index in [0.29, 0.717) is 0 Å². The normalized spacial score (nSPS) is 18.2. The quantitative estimate of drug-likeness (QED) is 0.810. The molecule has 0 aliphatic carbocycles. The van der Waals surface area contributed by atoms with E-state index in [-0.39, 0.29) is 0 Å². The van der Waals surface area contributed by atoms with E-state index in [1.54, 1.807) is 0 Å². The highest BCUT2D eigenvalue weighted by molar-refractivity contribution is 7.10. The standard InChI is InChI=1S/C14H24N2S/c1-13-6-11-17-14(13)12-15-7-10-16-8-4-2-3-5-9-16/h6,11,15H,2-5,7-10,12H2,1H3. The molecule has 2 rings (SSSR count). The van der Waals surface area contributed by atoms with Crippen LogP contribution in [0.5, 0.6) is 0 Å². The lowest BCUT2D eigenvalue weighted by Crippen LogP contribution is -2.32. The van der Waals surface area contributed by atoms with Gasteiger partial charge < -0.3 is 10.2 Å². The van der Waals surface area contributed by atoms with E-state index in [2.05, 4.69) is 28.6 Å². The zero-order valence-corrected chi connectivity index (χ0v) is 11.7. The number of hydrogen-bond acceptors (Lipinski definition) is 3. The summed E-state index contributed by atoms with van der Waals surface area (Å²) < 4.78 is 0. The van der Waals surface area contributed by atoms with Crippen LogP contribution in [0.25, 0.3) is 0 Å². The van der Waals surface area contributed by atoms with Crippen LogP contribution in [0, 0.1) is 6.92 Å². The fourth-order valence-corrected chi connectivity index (χ4v) is 3.26. The van der Waals surface area contributed by atoms with Crippen molar-refractivity contribution in [2.24, 2.45) is 0 Å². The summed E-state index contributed by atoms with van der Waals surface area (Å²) in [7, 11) is 0. The lowest BCUT2D eigenvalue weighted by molar-refractivity contribution is 0.284. The van der Waals surface area contributed by atoms with E-state index in [4.69, 9.17) is 0 Å². The molecule has 1 fully saturated rings. The number of aryl methyl sites for hydroxylation is 1. The first-order chi connectivity index (χ1) is 8.36. The van der Waals surface area contributed by atoms with Gasteiger partial charge in [-0.1, -0.05) is 12.8 Å². The Morgan fingerprint density at radius 2 is 2.00 bits per heavy atom. The van der Waals surface area contributed by atoms with Crippen LogP contribution >= 0.6 is 11.3 Å². The average molecular weight is 252 g/mol. The Morgan fingerprint density at radius 1 is 1.24 bits per heavy atom. The van der Waals surface area contributed by atoms with Gasteiger partial charge in [0.2, 0.25) is 0 Å². The lowest BCUT2D eigenvalue weighted by atomic mass is 10.2. The van der Waals surface area contributed by atoms with Gasteiger partial charge in [-0.25, -0.2) is 0 Å². The molecule has 0 amide bonds. The van der Waals surface area contributed by atoms with E-state index in [9.17, 15) is 0 Å². The van der Waals surface area contributed by atoms with Gasteiger partial charge in [0.1, 0.15) is 0 Å². The number of rotatable bonds is 5. The Bertz CT molecular complexity index is 314. The maximum absolute atomic E-state index is 3.57. The summed E-state index contributed by atoms with van der Waals surface area (Å²) in [4.78, 5) is 4.10. The minimum absolute atomic E-state index is 1.04. The SMILES string of the molecule is Cc1ccsc1CNCCN1CCCCCC1. The molecule has 1 aliphatic rings. The maximum Gasteiger partial charge on any atom is 0.0302 e. The largest absolute Gasteiger partial charge is 0.311 e. The Balaban J connectivity index is 1.61. The summed E-state index contributed by atoms with van der Waals surface area (Å²) in [6, 6.07) is 2.20. The molecular weight excluding hydrogens is 228 g/mol. The molecule has 2 heterocycles. The average Bonchev–Trinajstić information content (AvgIpc) is 2.60. The Kier molecular flexibility index (Phi) is 5.49.